The molecule has 0 saturated heterocycles. The number of likely N-dealkylation sites (N-methyl/N-ethyl adjacent to an activating group) is 1. The summed E-state index contributed by atoms with van der Waals surface area (Å²) in [5, 5.41) is 10.9. The van der Waals surface area contributed by atoms with Gasteiger partial charge in [0.2, 0.25) is 0 Å². The maximum Gasteiger partial charge on any atom is 0.191 e. The van der Waals surface area contributed by atoms with E-state index in [0.717, 1.165) is 23.6 Å². The van der Waals surface area contributed by atoms with Crippen LogP contribution < -0.4 is 10.6 Å². The molecule has 1 unspecified atom stereocenters. The fraction of sp³-hybridized carbons (Fsp3) is 0.474. The average Bonchev–Trinajstić information content (AvgIpc) is 3.01. The third kappa shape index (κ3) is 7.10. The van der Waals surface area contributed by atoms with Gasteiger partial charge in [-0.1, -0.05) is 12.1 Å². The smallest absolute Gasteiger partial charge is 0.191 e. The van der Waals surface area contributed by atoms with Gasteiger partial charge in [-0.05, 0) is 45.1 Å². The van der Waals surface area contributed by atoms with Gasteiger partial charge in [-0.15, -0.1) is 24.0 Å². The minimum absolute atomic E-state index is 0. The molecular formula is C19H30FIN6. The lowest BCUT2D eigenvalue weighted by atomic mass is 10.1. The van der Waals surface area contributed by atoms with Crippen LogP contribution in [0.25, 0.3) is 0 Å². The van der Waals surface area contributed by atoms with Gasteiger partial charge in [0.1, 0.15) is 5.82 Å². The number of hydrogen-bond donors (Lipinski definition) is 2. The third-order valence-corrected chi connectivity index (χ3v) is 4.18. The highest BCUT2D eigenvalue weighted by atomic mass is 127. The van der Waals surface area contributed by atoms with Crippen molar-refractivity contribution in [2.24, 2.45) is 12.0 Å². The van der Waals surface area contributed by atoms with E-state index in [1.54, 1.807) is 13.0 Å². The van der Waals surface area contributed by atoms with Gasteiger partial charge in [-0.2, -0.15) is 5.10 Å². The van der Waals surface area contributed by atoms with Crippen molar-refractivity contribution in [2.45, 2.75) is 26.4 Å². The fourth-order valence-electron chi connectivity index (χ4n) is 2.72. The van der Waals surface area contributed by atoms with Gasteiger partial charge in [-0.25, -0.2) is 9.38 Å². The number of benzene rings is 1. The molecule has 2 N–H and O–H groups in total. The molecule has 0 aliphatic rings. The normalized spacial score (nSPS) is 12.6. The van der Waals surface area contributed by atoms with Gasteiger partial charge in [0, 0.05) is 31.9 Å². The van der Waals surface area contributed by atoms with Crippen LogP contribution in [0.4, 0.5) is 4.39 Å². The first-order valence-corrected chi connectivity index (χ1v) is 8.83. The van der Waals surface area contributed by atoms with E-state index in [1.807, 2.05) is 51.2 Å². The second-order valence-electron chi connectivity index (χ2n) is 6.59. The van der Waals surface area contributed by atoms with Gasteiger partial charge in [0.05, 0.1) is 18.8 Å². The predicted molar refractivity (Wildman–Crippen MR) is 119 cm³/mol. The zero-order valence-electron chi connectivity index (χ0n) is 16.7. The summed E-state index contributed by atoms with van der Waals surface area (Å²) in [4.78, 5) is 6.77. The van der Waals surface area contributed by atoms with Crippen molar-refractivity contribution in [3.8, 4) is 0 Å². The zero-order valence-corrected chi connectivity index (χ0v) is 19.0. The third-order valence-electron chi connectivity index (χ3n) is 4.18. The van der Waals surface area contributed by atoms with Crippen molar-refractivity contribution in [1.29, 1.82) is 0 Å². The number of nitrogens with zero attached hydrogens (tertiary/aromatic N) is 4. The van der Waals surface area contributed by atoms with Crippen molar-refractivity contribution in [3.63, 3.8) is 0 Å². The van der Waals surface area contributed by atoms with E-state index in [-0.39, 0.29) is 35.8 Å². The summed E-state index contributed by atoms with van der Waals surface area (Å²) in [5.41, 5.74) is 2.77. The molecule has 0 radical (unpaired) electrons. The second kappa shape index (κ2) is 11.2. The van der Waals surface area contributed by atoms with Crippen LogP contribution in [0, 0.1) is 12.7 Å². The minimum Gasteiger partial charge on any atom is -0.357 e. The van der Waals surface area contributed by atoms with Crippen molar-refractivity contribution in [2.75, 3.05) is 27.2 Å². The summed E-state index contributed by atoms with van der Waals surface area (Å²) < 4.78 is 15.2. The number of halogens is 2. The number of rotatable bonds is 7. The van der Waals surface area contributed by atoms with E-state index in [2.05, 4.69) is 25.6 Å². The Morgan fingerprint density at radius 3 is 2.63 bits per heavy atom. The molecule has 2 rings (SSSR count). The van der Waals surface area contributed by atoms with Crippen LogP contribution in [-0.4, -0.2) is 47.8 Å². The second-order valence-corrected chi connectivity index (χ2v) is 6.59. The first kappa shape index (κ1) is 23.4. The lowest BCUT2D eigenvalue weighted by molar-refractivity contribution is 0.298. The van der Waals surface area contributed by atoms with Gasteiger partial charge in [-0.3, -0.25) is 4.68 Å². The van der Waals surface area contributed by atoms with Crippen LogP contribution in [0.5, 0.6) is 0 Å². The summed E-state index contributed by atoms with van der Waals surface area (Å²) in [6, 6.07) is 5.28. The van der Waals surface area contributed by atoms with E-state index in [9.17, 15) is 4.39 Å². The quantitative estimate of drug-likeness (QED) is 0.358. The Bertz CT molecular complexity index is 744. The molecule has 0 bridgehead atoms. The van der Waals surface area contributed by atoms with E-state index in [0.29, 0.717) is 18.7 Å². The fourth-order valence-corrected chi connectivity index (χ4v) is 2.72. The van der Waals surface area contributed by atoms with E-state index >= 15 is 0 Å². The number of guanidine groups is 1. The monoisotopic (exact) mass is 488 g/mol. The van der Waals surface area contributed by atoms with Gasteiger partial charge in [0.25, 0.3) is 0 Å². The van der Waals surface area contributed by atoms with Crippen molar-refractivity contribution in [3.05, 3.63) is 53.1 Å². The van der Waals surface area contributed by atoms with Crippen molar-refractivity contribution in [1.82, 2.24) is 25.3 Å². The number of aromatic nitrogens is 2. The minimum atomic E-state index is -0.187. The SMILES string of the molecule is CCNC(=NCc1ccc(F)c(C)c1)NCC(c1cnn(C)c1)N(C)C.I. The molecule has 0 fully saturated rings. The Labute approximate surface area is 178 Å². The Morgan fingerprint density at radius 2 is 2.07 bits per heavy atom. The van der Waals surface area contributed by atoms with E-state index in [1.165, 1.54) is 6.07 Å². The largest absolute Gasteiger partial charge is 0.357 e. The van der Waals surface area contributed by atoms with Crippen molar-refractivity contribution >= 4 is 29.9 Å². The predicted octanol–water partition coefficient (Wildman–Crippen LogP) is 2.84. The Hall–Kier alpha value is -1.68. The number of hydrogen-bond acceptors (Lipinski definition) is 3. The number of nitrogens with one attached hydrogen (secondary N) is 2. The van der Waals surface area contributed by atoms with Crippen molar-refractivity contribution < 1.29 is 4.39 Å². The molecule has 1 atom stereocenters. The van der Waals surface area contributed by atoms with Gasteiger partial charge < -0.3 is 15.5 Å². The highest BCUT2D eigenvalue weighted by Crippen LogP contribution is 2.16. The molecule has 0 spiro atoms. The van der Waals surface area contributed by atoms with E-state index < -0.39 is 0 Å². The highest BCUT2D eigenvalue weighted by Gasteiger charge is 2.16. The van der Waals surface area contributed by atoms with Crippen LogP contribution >= 0.6 is 24.0 Å². The average molecular weight is 488 g/mol. The molecule has 150 valence electrons. The maximum absolute atomic E-state index is 13.4. The number of aliphatic imine (C=N–C) groups is 1. The first-order chi connectivity index (χ1) is 12.4. The molecule has 8 heteroatoms. The standard InChI is InChI=1S/C19H29FN6.HI/c1-6-21-19(22-10-15-7-8-17(20)14(2)9-15)23-12-18(25(3)4)16-11-24-26(5)13-16;/h7-9,11,13,18H,6,10,12H2,1-5H3,(H2,21,22,23);1H. The molecule has 1 aromatic heterocycles. The van der Waals surface area contributed by atoms with Gasteiger partial charge >= 0.3 is 0 Å². The zero-order chi connectivity index (χ0) is 19.1. The van der Waals surface area contributed by atoms with Crippen LogP contribution in [0.2, 0.25) is 0 Å². The topological polar surface area (TPSA) is 57.5 Å². The Morgan fingerprint density at radius 1 is 1.33 bits per heavy atom. The summed E-state index contributed by atoms with van der Waals surface area (Å²) in [5.74, 6) is 0.554. The first-order valence-electron chi connectivity index (χ1n) is 8.83. The molecule has 0 amide bonds. The van der Waals surface area contributed by atoms with Crippen LogP contribution in [0.15, 0.2) is 35.6 Å². The molecule has 0 aliphatic carbocycles. The molecule has 2 aromatic rings. The summed E-state index contributed by atoms with van der Waals surface area (Å²) in [7, 11) is 6.01. The molecule has 1 aromatic carbocycles. The molecule has 1 heterocycles. The Kier molecular flexibility index (Phi) is 9.71. The molecule has 0 aliphatic heterocycles. The lowest BCUT2D eigenvalue weighted by Crippen LogP contribution is -2.41. The molecule has 0 saturated carbocycles. The lowest BCUT2D eigenvalue weighted by Gasteiger charge is -2.24. The Balaban J connectivity index is 0.00000364. The van der Waals surface area contributed by atoms with Crippen LogP contribution in [-0.2, 0) is 13.6 Å². The van der Waals surface area contributed by atoms with Gasteiger partial charge in [0.15, 0.2) is 5.96 Å². The van der Waals surface area contributed by atoms with Crippen LogP contribution in [0.3, 0.4) is 0 Å². The van der Waals surface area contributed by atoms with Crippen LogP contribution in [0.1, 0.15) is 29.7 Å². The molecule has 27 heavy (non-hydrogen) atoms. The van der Waals surface area contributed by atoms with E-state index in [4.69, 9.17) is 0 Å². The highest BCUT2D eigenvalue weighted by molar-refractivity contribution is 14.0. The molecule has 6 nitrogen and oxygen atoms in total. The maximum atomic E-state index is 13.4. The molecular weight excluding hydrogens is 458 g/mol. The summed E-state index contributed by atoms with van der Waals surface area (Å²) in [6.07, 6.45) is 3.91. The number of aryl methyl sites for hydroxylation is 2. The summed E-state index contributed by atoms with van der Waals surface area (Å²) >= 11 is 0. The summed E-state index contributed by atoms with van der Waals surface area (Å²) in [6.45, 7) is 5.77.